The van der Waals surface area contributed by atoms with E-state index in [9.17, 15) is 4.79 Å². The Bertz CT molecular complexity index is 653. The summed E-state index contributed by atoms with van der Waals surface area (Å²) in [6.45, 7) is 2.48. The maximum Gasteiger partial charge on any atom is 0.223 e. The first-order valence-corrected chi connectivity index (χ1v) is 7.65. The van der Waals surface area contributed by atoms with Gasteiger partial charge >= 0.3 is 0 Å². The molecule has 2 unspecified atom stereocenters. The molecule has 3 rings (SSSR count). The Hall–Kier alpha value is -1.52. The van der Waals surface area contributed by atoms with E-state index in [1.54, 1.807) is 0 Å². The summed E-state index contributed by atoms with van der Waals surface area (Å²) in [7, 11) is 0. The van der Waals surface area contributed by atoms with Crippen LogP contribution in [-0.2, 0) is 11.3 Å². The summed E-state index contributed by atoms with van der Waals surface area (Å²) < 4.78 is 5.82. The van der Waals surface area contributed by atoms with Crippen LogP contribution in [0.3, 0.4) is 0 Å². The Morgan fingerprint density at radius 1 is 1.36 bits per heavy atom. The molecule has 1 aromatic heterocycles. The predicted octanol–water partition coefficient (Wildman–Crippen LogP) is 3.30. The van der Waals surface area contributed by atoms with Crippen molar-refractivity contribution in [3.8, 4) is 0 Å². The number of aryl methyl sites for hydroxylation is 1. The number of amides is 1. The largest absolute Gasteiger partial charge is 0.459 e. The summed E-state index contributed by atoms with van der Waals surface area (Å²) in [4.78, 5) is 12.2. The molecule has 22 heavy (non-hydrogen) atoms. The number of furan rings is 1. The van der Waals surface area contributed by atoms with Crippen LogP contribution in [0.2, 0.25) is 0 Å². The number of nitrogens with one attached hydrogen (secondary N) is 1. The lowest BCUT2D eigenvalue weighted by atomic mass is 9.85. The monoisotopic (exact) mass is 322 g/mol. The molecule has 0 radical (unpaired) electrons. The van der Waals surface area contributed by atoms with Gasteiger partial charge < -0.3 is 15.5 Å². The van der Waals surface area contributed by atoms with Gasteiger partial charge in [0.15, 0.2) is 0 Å². The lowest BCUT2D eigenvalue weighted by Gasteiger charge is -2.25. The van der Waals surface area contributed by atoms with Crippen molar-refractivity contribution < 1.29 is 9.21 Å². The third kappa shape index (κ3) is 3.45. The number of fused-ring (bicyclic) bond motifs is 1. The first-order chi connectivity index (χ1) is 10.1. The molecule has 5 heteroatoms. The molecule has 2 atom stereocenters. The van der Waals surface area contributed by atoms with Gasteiger partial charge in [0.25, 0.3) is 0 Å². The number of hydrogen-bond donors (Lipinski definition) is 2. The fraction of sp³-hybridized carbons (Fsp3) is 0.471. The van der Waals surface area contributed by atoms with E-state index in [0.717, 1.165) is 48.0 Å². The summed E-state index contributed by atoms with van der Waals surface area (Å²) >= 11 is 0. The van der Waals surface area contributed by atoms with Gasteiger partial charge in [0.05, 0.1) is 6.54 Å². The molecular weight excluding hydrogens is 300 g/mol. The molecule has 120 valence electrons. The highest BCUT2D eigenvalue weighted by atomic mass is 35.5. The van der Waals surface area contributed by atoms with Gasteiger partial charge in [-0.15, -0.1) is 12.4 Å². The second-order valence-corrected chi connectivity index (χ2v) is 5.99. The molecule has 0 aliphatic heterocycles. The zero-order valence-electron chi connectivity index (χ0n) is 12.8. The van der Waals surface area contributed by atoms with E-state index in [1.807, 2.05) is 31.2 Å². The van der Waals surface area contributed by atoms with E-state index in [1.165, 1.54) is 0 Å². The van der Waals surface area contributed by atoms with Gasteiger partial charge in [-0.05, 0) is 32.3 Å². The Labute approximate surface area is 136 Å². The Kier molecular flexibility index (Phi) is 5.48. The lowest BCUT2D eigenvalue weighted by molar-refractivity contribution is -0.126. The number of rotatable bonds is 3. The fourth-order valence-electron chi connectivity index (χ4n) is 3.17. The SMILES string of the molecule is Cc1c(CNC(=O)C2CCCC(N)C2)oc2ccccc12.Cl. The van der Waals surface area contributed by atoms with Gasteiger partial charge in [-0.1, -0.05) is 24.6 Å². The molecular formula is C17H23ClN2O2. The number of carbonyl (C=O) groups excluding carboxylic acids is 1. The summed E-state index contributed by atoms with van der Waals surface area (Å²) in [6.07, 6.45) is 3.82. The normalized spacial score (nSPS) is 21.4. The number of nitrogens with two attached hydrogens (primary N) is 1. The minimum Gasteiger partial charge on any atom is -0.459 e. The van der Waals surface area contributed by atoms with E-state index < -0.39 is 0 Å². The molecule has 1 aliphatic rings. The van der Waals surface area contributed by atoms with Crippen LogP contribution in [0.4, 0.5) is 0 Å². The third-order valence-corrected chi connectivity index (χ3v) is 4.45. The van der Waals surface area contributed by atoms with Gasteiger partial charge in [-0.3, -0.25) is 4.79 Å². The van der Waals surface area contributed by atoms with Gasteiger partial charge in [0.2, 0.25) is 5.91 Å². The van der Waals surface area contributed by atoms with Crippen molar-refractivity contribution in [3.63, 3.8) is 0 Å². The summed E-state index contributed by atoms with van der Waals surface area (Å²) in [5.74, 6) is 0.994. The second-order valence-electron chi connectivity index (χ2n) is 5.99. The summed E-state index contributed by atoms with van der Waals surface area (Å²) in [5, 5.41) is 4.12. The van der Waals surface area contributed by atoms with Crippen LogP contribution in [0.1, 0.15) is 37.0 Å². The molecule has 1 fully saturated rings. The lowest BCUT2D eigenvalue weighted by Crippen LogP contribution is -2.37. The van der Waals surface area contributed by atoms with Crippen molar-refractivity contribution in [1.29, 1.82) is 0 Å². The van der Waals surface area contributed by atoms with Crippen molar-refractivity contribution in [2.45, 2.75) is 45.2 Å². The van der Waals surface area contributed by atoms with Crippen molar-refractivity contribution >= 4 is 29.3 Å². The molecule has 1 heterocycles. The quantitative estimate of drug-likeness (QED) is 0.911. The van der Waals surface area contributed by atoms with Gasteiger partial charge in [-0.2, -0.15) is 0 Å². The fourth-order valence-corrected chi connectivity index (χ4v) is 3.17. The molecule has 0 spiro atoms. The van der Waals surface area contributed by atoms with E-state index in [-0.39, 0.29) is 30.3 Å². The van der Waals surface area contributed by atoms with Crippen molar-refractivity contribution in [3.05, 3.63) is 35.6 Å². The highest BCUT2D eigenvalue weighted by Gasteiger charge is 2.25. The van der Waals surface area contributed by atoms with Crippen LogP contribution in [0.5, 0.6) is 0 Å². The minimum atomic E-state index is 0. The number of benzene rings is 1. The Morgan fingerprint density at radius 3 is 2.86 bits per heavy atom. The number of hydrogen-bond acceptors (Lipinski definition) is 3. The standard InChI is InChI=1S/C17H22N2O2.ClH/c1-11-14-7-2-3-8-15(14)21-16(11)10-19-17(20)12-5-4-6-13(18)9-12;/h2-3,7-8,12-13H,4-6,9-10,18H2,1H3,(H,19,20);1H. The molecule has 1 aromatic carbocycles. The predicted molar refractivity (Wildman–Crippen MR) is 90.0 cm³/mol. The van der Waals surface area contributed by atoms with E-state index in [4.69, 9.17) is 10.2 Å². The summed E-state index contributed by atoms with van der Waals surface area (Å²) in [6, 6.07) is 8.11. The first-order valence-electron chi connectivity index (χ1n) is 7.65. The van der Waals surface area contributed by atoms with Crippen LogP contribution in [0, 0.1) is 12.8 Å². The van der Waals surface area contributed by atoms with Crippen molar-refractivity contribution in [2.24, 2.45) is 11.7 Å². The average molecular weight is 323 g/mol. The Morgan fingerprint density at radius 2 is 2.14 bits per heavy atom. The van der Waals surface area contributed by atoms with Crippen LogP contribution in [-0.4, -0.2) is 11.9 Å². The molecule has 1 amide bonds. The molecule has 3 N–H and O–H groups in total. The Balaban J connectivity index is 0.00000176. The maximum atomic E-state index is 12.2. The highest BCUT2D eigenvalue weighted by molar-refractivity contribution is 5.85. The molecule has 0 bridgehead atoms. The van der Waals surface area contributed by atoms with Gasteiger partial charge in [-0.25, -0.2) is 0 Å². The molecule has 0 saturated heterocycles. The van der Waals surface area contributed by atoms with Gasteiger partial charge in [0, 0.05) is 22.9 Å². The van der Waals surface area contributed by atoms with Crippen LogP contribution in [0.25, 0.3) is 11.0 Å². The van der Waals surface area contributed by atoms with Crippen molar-refractivity contribution in [1.82, 2.24) is 5.32 Å². The van der Waals surface area contributed by atoms with Crippen LogP contribution in [0.15, 0.2) is 28.7 Å². The van der Waals surface area contributed by atoms with E-state index in [2.05, 4.69) is 5.32 Å². The topological polar surface area (TPSA) is 68.3 Å². The first kappa shape index (κ1) is 16.8. The van der Waals surface area contributed by atoms with Crippen molar-refractivity contribution in [2.75, 3.05) is 0 Å². The molecule has 1 saturated carbocycles. The average Bonchev–Trinajstić information content (AvgIpc) is 2.82. The van der Waals surface area contributed by atoms with Gasteiger partial charge in [0.1, 0.15) is 11.3 Å². The minimum absolute atomic E-state index is 0. The van der Waals surface area contributed by atoms with E-state index in [0.29, 0.717) is 6.54 Å². The zero-order chi connectivity index (χ0) is 14.8. The van der Waals surface area contributed by atoms with E-state index >= 15 is 0 Å². The molecule has 2 aromatic rings. The zero-order valence-corrected chi connectivity index (χ0v) is 13.6. The third-order valence-electron chi connectivity index (χ3n) is 4.45. The maximum absolute atomic E-state index is 12.2. The van der Waals surface area contributed by atoms with Crippen LogP contribution < -0.4 is 11.1 Å². The number of para-hydroxylation sites is 1. The molecule has 4 nitrogen and oxygen atoms in total. The number of carbonyl (C=O) groups is 1. The second kappa shape index (κ2) is 7.16. The smallest absolute Gasteiger partial charge is 0.223 e. The highest BCUT2D eigenvalue weighted by Crippen LogP contribution is 2.26. The van der Waals surface area contributed by atoms with Crippen LogP contribution >= 0.6 is 12.4 Å². The summed E-state index contributed by atoms with van der Waals surface area (Å²) in [5.41, 5.74) is 7.92. The molecule has 1 aliphatic carbocycles. The number of halogens is 1.